The monoisotopic (exact) mass is 289 g/mol. The lowest BCUT2D eigenvalue weighted by molar-refractivity contribution is 0.105. The number of aliphatic hydroxyl groups excluding tert-OH is 2. The first-order chi connectivity index (χ1) is 10.0. The van der Waals surface area contributed by atoms with Gasteiger partial charge in [-0.25, -0.2) is 0 Å². The molecular formula is C15H19N3O3. The molecule has 0 heterocycles. The van der Waals surface area contributed by atoms with Gasteiger partial charge in [-0.15, -0.1) is 0 Å². The summed E-state index contributed by atoms with van der Waals surface area (Å²) in [6, 6.07) is 9.98. The van der Waals surface area contributed by atoms with Crippen LogP contribution >= 0.6 is 0 Å². The summed E-state index contributed by atoms with van der Waals surface area (Å²) < 4.78 is 0. The largest absolute Gasteiger partial charge is 0.507 e. The maximum Gasteiger partial charge on any atom is 0.123 e. The van der Waals surface area contributed by atoms with Gasteiger partial charge in [0.2, 0.25) is 0 Å². The van der Waals surface area contributed by atoms with Crippen LogP contribution in [-0.4, -0.2) is 34.6 Å². The van der Waals surface area contributed by atoms with Crippen LogP contribution in [0.3, 0.4) is 0 Å². The number of aromatic hydroxyl groups is 1. The van der Waals surface area contributed by atoms with Gasteiger partial charge in [0.1, 0.15) is 5.75 Å². The molecule has 2 rings (SSSR count). The van der Waals surface area contributed by atoms with E-state index in [9.17, 15) is 10.2 Å². The lowest BCUT2D eigenvalue weighted by Gasteiger charge is -2.14. The summed E-state index contributed by atoms with van der Waals surface area (Å²) in [6.45, 7) is -0.104. The zero-order chi connectivity index (χ0) is 15.4. The number of nitrogens with two attached hydrogens (primary N) is 2. The van der Waals surface area contributed by atoms with Crippen molar-refractivity contribution >= 4 is 17.1 Å². The molecule has 21 heavy (non-hydrogen) atoms. The molecule has 0 saturated heterocycles. The van der Waals surface area contributed by atoms with Gasteiger partial charge in [0.05, 0.1) is 12.7 Å². The summed E-state index contributed by atoms with van der Waals surface area (Å²) in [6.07, 6.45) is -0.841. The highest BCUT2D eigenvalue weighted by Gasteiger charge is 2.10. The Labute approximate surface area is 122 Å². The minimum Gasteiger partial charge on any atom is -0.507 e. The van der Waals surface area contributed by atoms with Crippen molar-refractivity contribution in [3.8, 4) is 16.9 Å². The van der Waals surface area contributed by atoms with Gasteiger partial charge in [-0.05, 0) is 36.4 Å². The van der Waals surface area contributed by atoms with Crippen LogP contribution in [0.1, 0.15) is 0 Å². The molecule has 0 aromatic heterocycles. The summed E-state index contributed by atoms with van der Waals surface area (Å²) in [5, 5.41) is 31.1. The predicted molar refractivity (Wildman–Crippen MR) is 83.9 cm³/mol. The van der Waals surface area contributed by atoms with Crippen molar-refractivity contribution in [2.45, 2.75) is 6.10 Å². The van der Waals surface area contributed by atoms with Gasteiger partial charge in [0, 0.05) is 34.7 Å². The molecule has 6 heteroatoms. The molecular weight excluding hydrogens is 270 g/mol. The molecule has 2 aromatic rings. The molecule has 8 N–H and O–H groups in total. The van der Waals surface area contributed by atoms with Crippen LogP contribution in [0, 0.1) is 0 Å². The van der Waals surface area contributed by atoms with Crippen LogP contribution in [0.4, 0.5) is 17.1 Å². The number of nitrogens with one attached hydrogen (secondary N) is 1. The van der Waals surface area contributed by atoms with Gasteiger partial charge in [-0.1, -0.05) is 0 Å². The van der Waals surface area contributed by atoms with E-state index in [1.165, 1.54) is 6.07 Å². The van der Waals surface area contributed by atoms with E-state index in [0.29, 0.717) is 28.2 Å². The Morgan fingerprint density at radius 3 is 2.52 bits per heavy atom. The molecule has 0 spiro atoms. The Morgan fingerprint density at radius 2 is 1.81 bits per heavy atom. The fourth-order valence-corrected chi connectivity index (χ4v) is 1.97. The van der Waals surface area contributed by atoms with E-state index in [1.54, 1.807) is 30.3 Å². The third kappa shape index (κ3) is 3.56. The number of rotatable bonds is 5. The van der Waals surface area contributed by atoms with Gasteiger partial charge < -0.3 is 32.1 Å². The van der Waals surface area contributed by atoms with Crippen molar-refractivity contribution in [1.82, 2.24) is 0 Å². The van der Waals surface area contributed by atoms with Crippen LogP contribution in [0.5, 0.6) is 5.75 Å². The molecule has 1 unspecified atom stereocenters. The maximum atomic E-state index is 9.96. The lowest BCUT2D eigenvalue weighted by Crippen LogP contribution is -2.22. The molecule has 0 aliphatic heterocycles. The van der Waals surface area contributed by atoms with E-state index in [1.807, 2.05) is 0 Å². The summed E-state index contributed by atoms with van der Waals surface area (Å²) in [4.78, 5) is 0. The van der Waals surface area contributed by atoms with Crippen LogP contribution in [-0.2, 0) is 0 Å². The van der Waals surface area contributed by atoms with Gasteiger partial charge in [0.25, 0.3) is 0 Å². The minimum absolute atomic E-state index is 0.0865. The number of nitrogen functional groups attached to an aromatic ring is 2. The van der Waals surface area contributed by atoms with Crippen LogP contribution in [0.15, 0.2) is 36.4 Å². The summed E-state index contributed by atoms with van der Waals surface area (Å²) in [5.74, 6) is 0.0865. The Balaban J connectivity index is 2.33. The smallest absolute Gasteiger partial charge is 0.123 e. The van der Waals surface area contributed by atoms with Crippen molar-refractivity contribution in [1.29, 1.82) is 0 Å². The number of phenols is 1. The van der Waals surface area contributed by atoms with Crippen molar-refractivity contribution < 1.29 is 15.3 Å². The number of benzene rings is 2. The molecule has 1 atom stereocenters. The SMILES string of the molecule is Nc1ccc(O)c(-c2cc(NCC(O)CO)ccc2N)c1. The lowest BCUT2D eigenvalue weighted by atomic mass is 10.0. The Morgan fingerprint density at radius 1 is 1.05 bits per heavy atom. The number of hydrogen-bond acceptors (Lipinski definition) is 6. The fourth-order valence-electron chi connectivity index (χ4n) is 1.97. The normalized spacial score (nSPS) is 12.1. The zero-order valence-corrected chi connectivity index (χ0v) is 11.5. The quantitative estimate of drug-likeness (QED) is 0.360. The second kappa shape index (κ2) is 6.34. The highest BCUT2D eigenvalue weighted by molar-refractivity contribution is 5.84. The van der Waals surface area contributed by atoms with Crippen LogP contribution in [0.25, 0.3) is 11.1 Å². The number of anilines is 3. The highest BCUT2D eigenvalue weighted by atomic mass is 16.3. The van der Waals surface area contributed by atoms with Gasteiger partial charge >= 0.3 is 0 Å². The molecule has 0 bridgehead atoms. The second-order valence-corrected chi connectivity index (χ2v) is 4.80. The zero-order valence-electron chi connectivity index (χ0n) is 11.5. The Kier molecular flexibility index (Phi) is 4.52. The van der Waals surface area contributed by atoms with E-state index in [0.717, 1.165) is 0 Å². The molecule has 6 nitrogen and oxygen atoms in total. The summed E-state index contributed by atoms with van der Waals surface area (Å²) in [5.41, 5.74) is 14.6. The third-order valence-electron chi connectivity index (χ3n) is 3.12. The molecule has 112 valence electrons. The first-order valence-corrected chi connectivity index (χ1v) is 6.52. The van der Waals surface area contributed by atoms with Crippen LogP contribution < -0.4 is 16.8 Å². The molecule has 0 saturated carbocycles. The minimum atomic E-state index is -0.841. The average molecular weight is 289 g/mol. The van der Waals surface area contributed by atoms with E-state index >= 15 is 0 Å². The van der Waals surface area contributed by atoms with E-state index in [4.69, 9.17) is 16.6 Å². The Bertz CT molecular complexity index is 632. The van der Waals surface area contributed by atoms with Crippen LogP contribution in [0.2, 0.25) is 0 Å². The maximum absolute atomic E-state index is 9.96. The topological polar surface area (TPSA) is 125 Å². The first kappa shape index (κ1) is 15.0. The highest BCUT2D eigenvalue weighted by Crippen LogP contribution is 2.36. The predicted octanol–water partition coefficient (Wildman–Crippen LogP) is 0.989. The van der Waals surface area contributed by atoms with Gasteiger partial charge in [-0.2, -0.15) is 0 Å². The molecule has 2 aromatic carbocycles. The third-order valence-corrected chi connectivity index (χ3v) is 3.12. The molecule has 0 amide bonds. The Hall–Kier alpha value is -2.44. The first-order valence-electron chi connectivity index (χ1n) is 6.52. The molecule has 0 aliphatic carbocycles. The second-order valence-electron chi connectivity index (χ2n) is 4.80. The summed E-state index contributed by atoms with van der Waals surface area (Å²) in [7, 11) is 0. The number of hydrogen-bond donors (Lipinski definition) is 6. The van der Waals surface area contributed by atoms with Crippen molar-refractivity contribution in [3.05, 3.63) is 36.4 Å². The van der Waals surface area contributed by atoms with Crippen molar-refractivity contribution in [2.24, 2.45) is 0 Å². The number of phenolic OH excluding ortho intramolecular Hbond substituents is 1. The standard InChI is InChI=1S/C15H19N3O3/c16-9-1-4-15(21)13(5-9)12-6-10(2-3-14(12)17)18-7-11(20)8-19/h1-6,11,18-21H,7-8,16-17H2. The van der Waals surface area contributed by atoms with E-state index < -0.39 is 6.10 Å². The van der Waals surface area contributed by atoms with E-state index in [-0.39, 0.29) is 18.9 Å². The van der Waals surface area contributed by atoms with Gasteiger partial charge in [-0.3, -0.25) is 0 Å². The number of aliphatic hydroxyl groups is 2. The van der Waals surface area contributed by atoms with Gasteiger partial charge in [0.15, 0.2) is 0 Å². The van der Waals surface area contributed by atoms with Crippen molar-refractivity contribution in [2.75, 3.05) is 29.9 Å². The molecule has 0 radical (unpaired) electrons. The van der Waals surface area contributed by atoms with Crippen molar-refractivity contribution in [3.63, 3.8) is 0 Å². The fraction of sp³-hybridized carbons (Fsp3) is 0.200. The molecule has 0 fully saturated rings. The van der Waals surface area contributed by atoms with E-state index in [2.05, 4.69) is 5.32 Å². The molecule has 0 aliphatic rings. The summed E-state index contributed by atoms with van der Waals surface area (Å²) >= 11 is 0. The average Bonchev–Trinajstić information content (AvgIpc) is 2.48.